The Labute approximate surface area is 73.7 Å². The molecule has 12 heavy (non-hydrogen) atoms. The van der Waals surface area contributed by atoms with E-state index in [2.05, 4.69) is 0 Å². The Bertz CT molecular complexity index is 154. The van der Waals surface area contributed by atoms with Crippen molar-refractivity contribution in [1.82, 2.24) is 0 Å². The zero-order valence-corrected chi connectivity index (χ0v) is 8.09. The van der Waals surface area contributed by atoms with Crippen LogP contribution in [-0.2, 0) is 9.47 Å². The van der Waals surface area contributed by atoms with Crippen LogP contribution in [0.2, 0.25) is 0 Å². The SMILES string of the molecule is CCC1(CO)COC(C)(CC)O1. The smallest absolute Gasteiger partial charge is 0.166 e. The van der Waals surface area contributed by atoms with Gasteiger partial charge in [-0.25, -0.2) is 0 Å². The second-order valence-corrected chi connectivity index (χ2v) is 3.57. The molecule has 1 heterocycles. The number of hydrogen-bond donors (Lipinski definition) is 1. The minimum Gasteiger partial charge on any atom is -0.393 e. The molecule has 0 aromatic heterocycles. The summed E-state index contributed by atoms with van der Waals surface area (Å²) in [6, 6.07) is 0. The summed E-state index contributed by atoms with van der Waals surface area (Å²) in [6.07, 6.45) is 1.60. The Hall–Kier alpha value is -0.120. The Morgan fingerprint density at radius 2 is 2.00 bits per heavy atom. The first-order valence-corrected chi connectivity index (χ1v) is 4.55. The first-order chi connectivity index (χ1) is 5.60. The molecule has 3 nitrogen and oxygen atoms in total. The fourth-order valence-corrected chi connectivity index (χ4v) is 1.34. The number of aliphatic hydroxyl groups excluding tert-OH is 1. The van der Waals surface area contributed by atoms with Crippen LogP contribution in [-0.4, -0.2) is 29.7 Å². The summed E-state index contributed by atoms with van der Waals surface area (Å²) in [5, 5.41) is 9.14. The highest BCUT2D eigenvalue weighted by atomic mass is 16.8. The zero-order valence-electron chi connectivity index (χ0n) is 8.09. The molecule has 0 amide bonds. The van der Waals surface area contributed by atoms with Crippen molar-refractivity contribution in [2.45, 2.75) is 45.0 Å². The van der Waals surface area contributed by atoms with Gasteiger partial charge >= 0.3 is 0 Å². The Kier molecular flexibility index (Phi) is 2.76. The van der Waals surface area contributed by atoms with Crippen LogP contribution in [0.1, 0.15) is 33.6 Å². The van der Waals surface area contributed by atoms with Crippen molar-refractivity contribution in [3.05, 3.63) is 0 Å². The molecule has 72 valence electrons. The lowest BCUT2D eigenvalue weighted by Crippen LogP contribution is -2.38. The molecular weight excluding hydrogens is 156 g/mol. The highest BCUT2D eigenvalue weighted by Gasteiger charge is 2.45. The van der Waals surface area contributed by atoms with Crippen LogP contribution < -0.4 is 0 Å². The van der Waals surface area contributed by atoms with E-state index in [1.165, 1.54) is 0 Å². The number of hydrogen-bond acceptors (Lipinski definition) is 3. The Morgan fingerprint density at radius 3 is 2.25 bits per heavy atom. The molecular formula is C9H18O3. The molecule has 1 rings (SSSR count). The maximum Gasteiger partial charge on any atom is 0.166 e. The van der Waals surface area contributed by atoms with Crippen LogP contribution in [0.3, 0.4) is 0 Å². The number of aliphatic hydroxyl groups is 1. The molecule has 1 fully saturated rings. The number of ether oxygens (including phenoxy) is 2. The van der Waals surface area contributed by atoms with Gasteiger partial charge in [-0.05, 0) is 19.8 Å². The van der Waals surface area contributed by atoms with Crippen molar-refractivity contribution < 1.29 is 14.6 Å². The fourth-order valence-electron chi connectivity index (χ4n) is 1.34. The van der Waals surface area contributed by atoms with Gasteiger partial charge in [0, 0.05) is 0 Å². The van der Waals surface area contributed by atoms with E-state index in [-0.39, 0.29) is 6.61 Å². The van der Waals surface area contributed by atoms with Crippen LogP contribution in [0.4, 0.5) is 0 Å². The molecule has 2 unspecified atom stereocenters. The predicted molar refractivity (Wildman–Crippen MR) is 45.8 cm³/mol. The van der Waals surface area contributed by atoms with E-state index in [1.807, 2.05) is 20.8 Å². The van der Waals surface area contributed by atoms with Gasteiger partial charge in [0.2, 0.25) is 0 Å². The average Bonchev–Trinajstić information content (AvgIpc) is 2.46. The van der Waals surface area contributed by atoms with Crippen molar-refractivity contribution in [2.75, 3.05) is 13.2 Å². The first-order valence-electron chi connectivity index (χ1n) is 4.55. The molecule has 3 heteroatoms. The lowest BCUT2D eigenvalue weighted by atomic mass is 10.0. The molecule has 0 radical (unpaired) electrons. The summed E-state index contributed by atoms with van der Waals surface area (Å²) in [5.41, 5.74) is -0.454. The minimum absolute atomic E-state index is 0.0408. The topological polar surface area (TPSA) is 38.7 Å². The van der Waals surface area contributed by atoms with E-state index in [0.717, 1.165) is 12.8 Å². The largest absolute Gasteiger partial charge is 0.393 e. The van der Waals surface area contributed by atoms with Gasteiger partial charge < -0.3 is 14.6 Å². The lowest BCUT2D eigenvalue weighted by Gasteiger charge is -2.27. The summed E-state index contributed by atoms with van der Waals surface area (Å²) < 4.78 is 11.2. The van der Waals surface area contributed by atoms with E-state index in [1.54, 1.807) is 0 Å². The summed E-state index contributed by atoms with van der Waals surface area (Å²) in [5.74, 6) is -0.487. The van der Waals surface area contributed by atoms with Gasteiger partial charge in [0.05, 0.1) is 13.2 Å². The second-order valence-electron chi connectivity index (χ2n) is 3.57. The van der Waals surface area contributed by atoms with E-state index in [9.17, 15) is 0 Å². The molecule has 0 aromatic rings. The van der Waals surface area contributed by atoms with Gasteiger partial charge in [0.1, 0.15) is 5.60 Å². The Balaban J connectivity index is 2.64. The molecule has 1 aliphatic rings. The van der Waals surface area contributed by atoms with Gasteiger partial charge in [-0.2, -0.15) is 0 Å². The first kappa shape index (κ1) is 9.96. The highest BCUT2D eigenvalue weighted by molar-refractivity contribution is 4.87. The summed E-state index contributed by atoms with van der Waals surface area (Å²) >= 11 is 0. The molecule has 0 spiro atoms. The summed E-state index contributed by atoms with van der Waals surface area (Å²) in [7, 11) is 0. The zero-order chi connectivity index (χ0) is 9.24. The van der Waals surface area contributed by atoms with Crippen molar-refractivity contribution in [1.29, 1.82) is 0 Å². The van der Waals surface area contributed by atoms with Crippen LogP contribution in [0.5, 0.6) is 0 Å². The number of rotatable bonds is 3. The maximum absolute atomic E-state index is 9.14. The summed E-state index contributed by atoms with van der Waals surface area (Å²) in [4.78, 5) is 0. The molecule has 1 aliphatic heterocycles. The predicted octanol–water partition coefficient (Wildman–Crippen LogP) is 1.30. The van der Waals surface area contributed by atoms with E-state index in [4.69, 9.17) is 14.6 Å². The molecule has 2 atom stereocenters. The van der Waals surface area contributed by atoms with Gasteiger partial charge in [0.15, 0.2) is 5.79 Å². The Morgan fingerprint density at radius 1 is 1.33 bits per heavy atom. The monoisotopic (exact) mass is 174 g/mol. The van der Waals surface area contributed by atoms with Gasteiger partial charge in [-0.15, -0.1) is 0 Å². The molecule has 1 saturated heterocycles. The fraction of sp³-hybridized carbons (Fsp3) is 1.00. The lowest BCUT2D eigenvalue weighted by molar-refractivity contribution is -0.183. The van der Waals surface area contributed by atoms with Gasteiger partial charge in [-0.3, -0.25) is 0 Å². The van der Waals surface area contributed by atoms with Crippen LogP contribution in [0.15, 0.2) is 0 Å². The van der Waals surface area contributed by atoms with Gasteiger partial charge in [-0.1, -0.05) is 13.8 Å². The standard InChI is InChI=1S/C9H18O3/c1-4-8(3)11-7-9(5-2,6-10)12-8/h10H,4-7H2,1-3H3. The van der Waals surface area contributed by atoms with Crippen LogP contribution in [0.25, 0.3) is 0 Å². The van der Waals surface area contributed by atoms with Crippen molar-refractivity contribution in [3.63, 3.8) is 0 Å². The average molecular weight is 174 g/mol. The minimum atomic E-state index is -0.487. The molecule has 0 bridgehead atoms. The molecule has 0 aliphatic carbocycles. The summed E-state index contributed by atoms with van der Waals surface area (Å²) in [6.45, 7) is 6.48. The third-order valence-electron chi connectivity index (χ3n) is 2.65. The quantitative estimate of drug-likeness (QED) is 0.701. The van der Waals surface area contributed by atoms with E-state index >= 15 is 0 Å². The van der Waals surface area contributed by atoms with Gasteiger partial charge in [0.25, 0.3) is 0 Å². The molecule has 0 saturated carbocycles. The third kappa shape index (κ3) is 1.63. The van der Waals surface area contributed by atoms with E-state index in [0.29, 0.717) is 6.61 Å². The van der Waals surface area contributed by atoms with Crippen LogP contribution >= 0.6 is 0 Å². The van der Waals surface area contributed by atoms with Crippen molar-refractivity contribution >= 4 is 0 Å². The normalized spacial score (nSPS) is 42.0. The van der Waals surface area contributed by atoms with Crippen molar-refractivity contribution in [2.24, 2.45) is 0 Å². The molecule has 0 aromatic carbocycles. The van der Waals surface area contributed by atoms with Crippen molar-refractivity contribution in [3.8, 4) is 0 Å². The molecule has 1 N–H and O–H groups in total. The van der Waals surface area contributed by atoms with E-state index < -0.39 is 11.4 Å². The maximum atomic E-state index is 9.14. The third-order valence-corrected chi connectivity index (χ3v) is 2.65. The van der Waals surface area contributed by atoms with Crippen LogP contribution in [0, 0.1) is 0 Å². The highest BCUT2D eigenvalue weighted by Crippen LogP contribution is 2.35. The second kappa shape index (κ2) is 3.32.